The van der Waals surface area contributed by atoms with Gasteiger partial charge in [-0.15, -0.1) is 0 Å². The maximum atomic E-state index is 12.3. The number of alkyl halides is 6. The summed E-state index contributed by atoms with van der Waals surface area (Å²) in [5.41, 5.74) is 1.35. The topological polar surface area (TPSA) is 26.0 Å². The van der Waals surface area contributed by atoms with Crippen molar-refractivity contribution in [2.24, 2.45) is 0 Å². The van der Waals surface area contributed by atoms with Gasteiger partial charge in [-0.25, -0.2) is 0 Å². The first-order chi connectivity index (χ1) is 7.03. The number of nitrogen functional groups attached to an aromatic ring is 1. The zero-order valence-electron chi connectivity index (χ0n) is 8.00. The van der Waals surface area contributed by atoms with Crippen molar-refractivity contribution >= 4 is 5.69 Å². The third-order valence-electron chi connectivity index (χ3n) is 2.02. The number of anilines is 1. The first-order valence-electron chi connectivity index (χ1n) is 4.08. The monoisotopic (exact) mass is 243 g/mol. The molecule has 1 aromatic rings. The zero-order valence-corrected chi connectivity index (χ0v) is 8.00. The standard InChI is InChI=1S/C9H7F6N/c1-4-2-5(8(10,11)12)3-6(7(4)16)9(13,14)15/h2-3H,16H2,1H3. The Balaban J connectivity index is 3.46. The summed E-state index contributed by atoms with van der Waals surface area (Å²) in [6.07, 6.45) is -9.71. The summed E-state index contributed by atoms with van der Waals surface area (Å²) in [5, 5.41) is 0. The molecule has 1 aromatic carbocycles. The molecule has 0 amide bonds. The van der Waals surface area contributed by atoms with E-state index in [1.807, 2.05) is 0 Å². The maximum absolute atomic E-state index is 12.3. The Morgan fingerprint density at radius 2 is 1.44 bits per heavy atom. The molecule has 0 heterocycles. The Hall–Kier alpha value is -1.40. The third kappa shape index (κ3) is 2.40. The van der Waals surface area contributed by atoms with Crippen LogP contribution in [0.4, 0.5) is 32.0 Å². The molecular formula is C9H7F6N. The summed E-state index contributed by atoms with van der Waals surface area (Å²) in [4.78, 5) is 0. The number of hydrogen-bond acceptors (Lipinski definition) is 1. The van der Waals surface area contributed by atoms with Crippen molar-refractivity contribution in [3.8, 4) is 0 Å². The van der Waals surface area contributed by atoms with Crippen LogP contribution in [0.15, 0.2) is 12.1 Å². The van der Waals surface area contributed by atoms with Crippen molar-refractivity contribution in [2.75, 3.05) is 5.73 Å². The van der Waals surface area contributed by atoms with Gasteiger partial charge in [0.25, 0.3) is 0 Å². The van der Waals surface area contributed by atoms with Crippen molar-refractivity contribution in [3.05, 3.63) is 28.8 Å². The molecule has 0 saturated heterocycles. The highest BCUT2D eigenvalue weighted by atomic mass is 19.4. The van der Waals surface area contributed by atoms with Gasteiger partial charge in [-0.05, 0) is 24.6 Å². The Morgan fingerprint density at radius 1 is 0.938 bits per heavy atom. The van der Waals surface area contributed by atoms with E-state index in [4.69, 9.17) is 5.73 Å². The molecule has 0 unspecified atom stereocenters. The molecule has 16 heavy (non-hydrogen) atoms. The molecule has 0 aromatic heterocycles. The fourth-order valence-corrected chi connectivity index (χ4v) is 1.20. The summed E-state index contributed by atoms with van der Waals surface area (Å²) in [6.45, 7) is 1.10. The molecule has 0 atom stereocenters. The van der Waals surface area contributed by atoms with Crippen molar-refractivity contribution < 1.29 is 26.3 Å². The predicted molar refractivity (Wildman–Crippen MR) is 45.6 cm³/mol. The molecule has 90 valence electrons. The summed E-state index contributed by atoms with van der Waals surface area (Å²) in [7, 11) is 0. The third-order valence-corrected chi connectivity index (χ3v) is 2.02. The number of hydrogen-bond donors (Lipinski definition) is 1. The van der Waals surface area contributed by atoms with Crippen LogP contribution in [0.25, 0.3) is 0 Å². The van der Waals surface area contributed by atoms with Crippen molar-refractivity contribution in [3.63, 3.8) is 0 Å². The molecular weight excluding hydrogens is 236 g/mol. The van der Waals surface area contributed by atoms with Gasteiger partial charge in [-0.2, -0.15) is 26.3 Å². The van der Waals surface area contributed by atoms with Gasteiger partial charge in [-0.3, -0.25) is 0 Å². The number of nitrogens with two attached hydrogens (primary N) is 1. The molecule has 0 fully saturated rings. The molecule has 0 radical (unpaired) electrons. The maximum Gasteiger partial charge on any atom is 0.418 e. The first kappa shape index (κ1) is 12.7. The second-order valence-electron chi connectivity index (χ2n) is 3.25. The van der Waals surface area contributed by atoms with Crippen LogP contribution in [0.5, 0.6) is 0 Å². The average Bonchev–Trinajstić information content (AvgIpc) is 2.05. The lowest BCUT2D eigenvalue weighted by Gasteiger charge is -2.15. The van der Waals surface area contributed by atoms with E-state index >= 15 is 0 Å². The van der Waals surface area contributed by atoms with E-state index in [0.717, 1.165) is 6.92 Å². The molecule has 1 nitrogen and oxygen atoms in total. The van der Waals surface area contributed by atoms with Gasteiger partial charge in [0.2, 0.25) is 0 Å². The predicted octanol–water partition coefficient (Wildman–Crippen LogP) is 3.61. The van der Waals surface area contributed by atoms with Crippen LogP contribution < -0.4 is 5.73 Å². The van der Waals surface area contributed by atoms with E-state index in [-0.39, 0.29) is 11.6 Å². The van der Waals surface area contributed by atoms with Gasteiger partial charge < -0.3 is 5.73 Å². The quantitative estimate of drug-likeness (QED) is 0.546. The van der Waals surface area contributed by atoms with Crippen molar-refractivity contribution in [1.29, 1.82) is 0 Å². The summed E-state index contributed by atoms with van der Waals surface area (Å²) in [5.74, 6) is 0. The van der Waals surface area contributed by atoms with E-state index in [2.05, 4.69) is 0 Å². The van der Waals surface area contributed by atoms with Gasteiger partial charge in [0, 0.05) is 5.69 Å². The van der Waals surface area contributed by atoms with Gasteiger partial charge >= 0.3 is 12.4 Å². The Bertz CT molecular complexity index is 404. The lowest BCUT2D eigenvalue weighted by Crippen LogP contribution is -2.14. The van der Waals surface area contributed by atoms with Crippen LogP contribution in [-0.2, 0) is 12.4 Å². The van der Waals surface area contributed by atoms with Gasteiger partial charge in [0.1, 0.15) is 0 Å². The molecule has 0 spiro atoms. The molecule has 0 aliphatic heterocycles. The minimum absolute atomic E-state index is 0.0162. The van der Waals surface area contributed by atoms with Crippen LogP contribution in [0.1, 0.15) is 16.7 Å². The number of rotatable bonds is 0. The highest BCUT2D eigenvalue weighted by Gasteiger charge is 2.38. The Labute approximate surface area is 86.9 Å². The molecule has 7 heteroatoms. The SMILES string of the molecule is Cc1cc(C(F)(F)F)cc(C(F)(F)F)c1N. The lowest BCUT2D eigenvalue weighted by atomic mass is 10.0. The summed E-state index contributed by atoms with van der Waals surface area (Å²) < 4.78 is 73.8. The Morgan fingerprint density at radius 3 is 1.81 bits per heavy atom. The first-order valence-corrected chi connectivity index (χ1v) is 4.08. The van der Waals surface area contributed by atoms with Crippen LogP contribution >= 0.6 is 0 Å². The summed E-state index contributed by atoms with van der Waals surface area (Å²) >= 11 is 0. The highest BCUT2D eigenvalue weighted by Crippen LogP contribution is 2.39. The van der Waals surface area contributed by atoms with Crippen molar-refractivity contribution in [2.45, 2.75) is 19.3 Å². The molecule has 0 aliphatic rings. The fraction of sp³-hybridized carbons (Fsp3) is 0.333. The number of aryl methyl sites for hydroxylation is 1. The molecule has 0 aliphatic carbocycles. The second kappa shape index (κ2) is 3.57. The largest absolute Gasteiger partial charge is 0.418 e. The van der Waals surface area contributed by atoms with Crippen LogP contribution in [0.2, 0.25) is 0 Å². The van der Waals surface area contributed by atoms with Gasteiger partial charge in [0.15, 0.2) is 0 Å². The van der Waals surface area contributed by atoms with E-state index in [0.29, 0.717) is 6.07 Å². The normalized spacial score (nSPS) is 12.9. The second-order valence-corrected chi connectivity index (χ2v) is 3.25. The van der Waals surface area contributed by atoms with Gasteiger partial charge in [-0.1, -0.05) is 0 Å². The highest BCUT2D eigenvalue weighted by molar-refractivity contribution is 5.56. The number of halogens is 6. The van der Waals surface area contributed by atoms with E-state index in [9.17, 15) is 26.3 Å². The lowest BCUT2D eigenvalue weighted by molar-refractivity contribution is -0.142. The average molecular weight is 243 g/mol. The number of benzene rings is 1. The molecule has 0 saturated carbocycles. The van der Waals surface area contributed by atoms with Crippen LogP contribution in [0, 0.1) is 6.92 Å². The van der Waals surface area contributed by atoms with E-state index in [1.54, 1.807) is 0 Å². The molecule has 2 N–H and O–H groups in total. The zero-order chi connectivity index (χ0) is 12.7. The van der Waals surface area contributed by atoms with Gasteiger partial charge in [0.05, 0.1) is 11.1 Å². The minimum atomic E-state index is -4.89. The molecule has 0 bridgehead atoms. The van der Waals surface area contributed by atoms with E-state index in [1.165, 1.54) is 0 Å². The van der Waals surface area contributed by atoms with Crippen LogP contribution in [0.3, 0.4) is 0 Å². The van der Waals surface area contributed by atoms with Crippen molar-refractivity contribution in [1.82, 2.24) is 0 Å². The smallest absolute Gasteiger partial charge is 0.398 e. The van der Waals surface area contributed by atoms with E-state index < -0.39 is 29.2 Å². The fourth-order valence-electron chi connectivity index (χ4n) is 1.20. The van der Waals surface area contributed by atoms with Crippen LogP contribution in [-0.4, -0.2) is 0 Å². The minimum Gasteiger partial charge on any atom is -0.398 e. The molecule has 1 rings (SSSR count). The summed E-state index contributed by atoms with van der Waals surface area (Å²) in [6, 6.07) is 0.604. The Kier molecular flexibility index (Phi) is 2.82.